The van der Waals surface area contributed by atoms with Crippen molar-refractivity contribution >= 4 is 17.7 Å². The molecular weight excluding hydrogens is 280 g/mol. The summed E-state index contributed by atoms with van der Waals surface area (Å²) in [6.45, 7) is 4.29. The number of rotatable bonds is 5. The molecule has 0 bridgehead atoms. The Balaban J connectivity index is 1.87. The van der Waals surface area contributed by atoms with E-state index < -0.39 is 0 Å². The smallest absolute Gasteiger partial charge is 0.241 e. The van der Waals surface area contributed by atoms with Crippen molar-refractivity contribution in [3.63, 3.8) is 0 Å². The van der Waals surface area contributed by atoms with Crippen molar-refractivity contribution < 1.29 is 4.79 Å². The van der Waals surface area contributed by atoms with Gasteiger partial charge in [-0.05, 0) is 56.1 Å². The molecule has 0 aromatic heterocycles. The summed E-state index contributed by atoms with van der Waals surface area (Å²) in [7, 11) is 0. The van der Waals surface area contributed by atoms with Crippen LogP contribution in [0.4, 0.5) is 0 Å². The molecule has 1 aromatic carbocycles. The van der Waals surface area contributed by atoms with E-state index >= 15 is 0 Å². The van der Waals surface area contributed by atoms with Gasteiger partial charge in [-0.2, -0.15) is 0 Å². The fourth-order valence-electron chi connectivity index (χ4n) is 3.23. The first-order chi connectivity index (χ1) is 10.2. The highest BCUT2D eigenvalue weighted by Crippen LogP contribution is 2.40. The van der Waals surface area contributed by atoms with Gasteiger partial charge in [0, 0.05) is 10.9 Å². The van der Waals surface area contributed by atoms with E-state index in [0.717, 1.165) is 6.42 Å². The highest BCUT2D eigenvalue weighted by molar-refractivity contribution is 7.98. The summed E-state index contributed by atoms with van der Waals surface area (Å²) >= 11 is 1.75. The van der Waals surface area contributed by atoms with Crippen molar-refractivity contribution in [2.75, 3.05) is 6.26 Å². The van der Waals surface area contributed by atoms with Crippen LogP contribution in [0.1, 0.15) is 44.8 Å². The van der Waals surface area contributed by atoms with Crippen LogP contribution in [-0.4, -0.2) is 29.1 Å². The Bertz CT molecular complexity index is 512. The quantitative estimate of drug-likeness (QED) is 0.846. The van der Waals surface area contributed by atoms with Crippen LogP contribution >= 0.6 is 11.8 Å². The van der Waals surface area contributed by atoms with Crippen LogP contribution < -0.4 is 5.32 Å². The molecule has 1 aromatic rings. The van der Waals surface area contributed by atoms with Gasteiger partial charge in [-0.15, -0.1) is 11.8 Å². The van der Waals surface area contributed by atoms with Crippen molar-refractivity contribution in [2.24, 2.45) is 5.92 Å². The van der Waals surface area contributed by atoms with E-state index in [1.54, 1.807) is 11.8 Å². The van der Waals surface area contributed by atoms with Gasteiger partial charge in [-0.25, -0.2) is 0 Å². The Labute approximate surface area is 131 Å². The lowest BCUT2D eigenvalue weighted by molar-refractivity contribution is -0.132. The predicted molar refractivity (Wildman–Crippen MR) is 87.2 cm³/mol. The van der Waals surface area contributed by atoms with Gasteiger partial charge in [0.05, 0.1) is 6.04 Å². The molecule has 114 valence electrons. The SMILES string of the molecule is CCC1NC(c2ccc(SC)cc2)N(C(C)C2CC2)C1=O. The third-order valence-electron chi connectivity index (χ3n) is 4.77. The maximum atomic E-state index is 12.7. The topological polar surface area (TPSA) is 32.3 Å². The molecule has 1 aliphatic heterocycles. The Kier molecular flexibility index (Phi) is 4.27. The summed E-state index contributed by atoms with van der Waals surface area (Å²) in [5.41, 5.74) is 1.20. The standard InChI is InChI=1S/C17H24N2OS/c1-4-15-17(20)19(11(2)12-5-6-12)16(18-15)13-7-9-14(21-3)10-8-13/h7-12,15-16,18H,4-6H2,1-3H3. The molecule has 4 heteroatoms. The number of nitrogens with one attached hydrogen (secondary N) is 1. The molecule has 0 spiro atoms. The van der Waals surface area contributed by atoms with Crippen molar-refractivity contribution in [1.29, 1.82) is 0 Å². The number of hydrogen-bond acceptors (Lipinski definition) is 3. The Morgan fingerprint density at radius 2 is 2.00 bits per heavy atom. The molecule has 3 atom stereocenters. The normalized spacial score (nSPS) is 27.2. The number of carbonyl (C=O) groups is 1. The zero-order chi connectivity index (χ0) is 15.0. The fourth-order valence-corrected chi connectivity index (χ4v) is 3.63. The van der Waals surface area contributed by atoms with Gasteiger partial charge in [0.1, 0.15) is 6.17 Å². The minimum atomic E-state index is -0.0311. The Morgan fingerprint density at radius 3 is 2.52 bits per heavy atom. The molecule has 2 fully saturated rings. The number of hydrogen-bond donors (Lipinski definition) is 1. The predicted octanol–water partition coefficient (Wildman–Crippen LogP) is 3.42. The maximum absolute atomic E-state index is 12.7. The minimum Gasteiger partial charge on any atom is -0.319 e. The zero-order valence-corrected chi connectivity index (χ0v) is 13.8. The highest BCUT2D eigenvalue weighted by Gasteiger charge is 2.45. The van der Waals surface area contributed by atoms with Crippen LogP contribution in [0.15, 0.2) is 29.2 Å². The molecule has 3 nitrogen and oxygen atoms in total. The Hall–Kier alpha value is -1.00. The summed E-state index contributed by atoms with van der Waals surface area (Å²) in [4.78, 5) is 16.0. The van der Waals surface area contributed by atoms with E-state index in [0.29, 0.717) is 12.0 Å². The minimum absolute atomic E-state index is 0.0311. The van der Waals surface area contributed by atoms with E-state index in [4.69, 9.17) is 0 Å². The molecule has 1 saturated carbocycles. The van der Waals surface area contributed by atoms with Crippen molar-refractivity contribution in [3.05, 3.63) is 29.8 Å². The molecule has 3 unspecified atom stereocenters. The van der Waals surface area contributed by atoms with Crippen molar-refractivity contribution in [2.45, 2.75) is 56.3 Å². The van der Waals surface area contributed by atoms with E-state index in [-0.39, 0.29) is 18.1 Å². The second-order valence-corrected chi connectivity index (χ2v) is 7.01. The Morgan fingerprint density at radius 1 is 1.33 bits per heavy atom. The average Bonchev–Trinajstić information content (AvgIpc) is 3.30. The molecule has 3 rings (SSSR count). The van der Waals surface area contributed by atoms with Crippen LogP contribution in [-0.2, 0) is 4.79 Å². The summed E-state index contributed by atoms with van der Waals surface area (Å²) < 4.78 is 0. The zero-order valence-electron chi connectivity index (χ0n) is 13.0. The molecule has 0 radical (unpaired) electrons. The van der Waals surface area contributed by atoms with Crippen LogP contribution in [0.25, 0.3) is 0 Å². The lowest BCUT2D eigenvalue weighted by atomic mass is 10.1. The summed E-state index contributed by atoms with van der Waals surface area (Å²) in [5, 5.41) is 3.53. The van der Waals surface area contributed by atoms with Crippen LogP contribution in [0.2, 0.25) is 0 Å². The van der Waals surface area contributed by atoms with E-state index in [9.17, 15) is 4.79 Å². The van der Waals surface area contributed by atoms with Gasteiger partial charge in [0.15, 0.2) is 0 Å². The van der Waals surface area contributed by atoms with Gasteiger partial charge in [0.2, 0.25) is 5.91 Å². The maximum Gasteiger partial charge on any atom is 0.241 e. The molecule has 1 saturated heterocycles. The van der Waals surface area contributed by atoms with Gasteiger partial charge < -0.3 is 4.90 Å². The molecular formula is C17H24N2OS. The fraction of sp³-hybridized carbons (Fsp3) is 0.588. The molecule has 1 aliphatic carbocycles. The van der Waals surface area contributed by atoms with Gasteiger partial charge in [-0.3, -0.25) is 10.1 Å². The molecule has 1 amide bonds. The van der Waals surface area contributed by atoms with Crippen LogP contribution in [0, 0.1) is 5.92 Å². The van der Waals surface area contributed by atoms with Crippen molar-refractivity contribution in [3.8, 4) is 0 Å². The number of carbonyl (C=O) groups excluding carboxylic acids is 1. The van der Waals surface area contributed by atoms with Gasteiger partial charge in [0.25, 0.3) is 0 Å². The number of nitrogens with zero attached hydrogens (tertiary/aromatic N) is 1. The van der Waals surface area contributed by atoms with Crippen LogP contribution in [0.3, 0.4) is 0 Å². The first kappa shape index (κ1) is 14.9. The highest BCUT2D eigenvalue weighted by atomic mass is 32.2. The van der Waals surface area contributed by atoms with Gasteiger partial charge in [-0.1, -0.05) is 19.1 Å². The largest absolute Gasteiger partial charge is 0.319 e. The monoisotopic (exact) mass is 304 g/mol. The molecule has 2 aliphatic rings. The van der Waals surface area contributed by atoms with Crippen LogP contribution in [0.5, 0.6) is 0 Å². The van der Waals surface area contributed by atoms with E-state index in [1.165, 1.54) is 23.3 Å². The van der Waals surface area contributed by atoms with E-state index in [1.807, 2.05) is 0 Å². The lowest BCUT2D eigenvalue weighted by Crippen LogP contribution is -2.39. The molecule has 1 heterocycles. The third kappa shape index (κ3) is 2.84. The third-order valence-corrected chi connectivity index (χ3v) is 5.52. The second-order valence-electron chi connectivity index (χ2n) is 6.13. The first-order valence-electron chi connectivity index (χ1n) is 7.88. The summed E-state index contributed by atoms with van der Waals surface area (Å²) in [5.74, 6) is 0.968. The molecule has 1 N–H and O–H groups in total. The summed E-state index contributed by atoms with van der Waals surface area (Å²) in [6, 6.07) is 8.91. The summed E-state index contributed by atoms with van der Waals surface area (Å²) in [6.07, 6.45) is 5.50. The number of benzene rings is 1. The molecule has 21 heavy (non-hydrogen) atoms. The first-order valence-corrected chi connectivity index (χ1v) is 9.10. The lowest BCUT2D eigenvalue weighted by Gasteiger charge is -2.31. The number of thioether (sulfide) groups is 1. The number of amides is 1. The van der Waals surface area contributed by atoms with E-state index in [2.05, 4.69) is 54.6 Å². The van der Waals surface area contributed by atoms with Gasteiger partial charge >= 0.3 is 0 Å². The average molecular weight is 304 g/mol. The van der Waals surface area contributed by atoms with Crippen molar-refractivity contribution in [1.82, 2.24) is 10.2 Å². The second kappa shape index (κ2) is 6.01.